The van der Waals surface area contributed by atoms with Crippen LogP contribution >= 0.6 is 22.6 Å². The van der Waals surface area contributed by atoms with E-state index in [2.05, 4.69) is 22.6 Å². The van der Waals surface area contributed by atoms with Crippen molar-refractivity contribution in [3.05, 3.63) is 33.4 Å². The van der Waals surface area contributed by atoms with Crippen LogP contribution in [0.3, 0.4) is 0 Å². The minimum absolute atomic E-state index is 0.229. The summed E-state index contributed by atoms with van der Waals surface area (Å²) in [5.41, 5.74) is 0.649. The smallest absolute Gasteiger partial charge is 0.308 e. The molecule has 0 spiro atoms. The molecule has 1 rings (SSSR count). The molecule has 82 valence electrons. The van der Waals surface area contributed by atoms with E-state index in [4.69, 9.17) is 7.48 Å². The van der Waals surface area contributed by atoms with Gasteiger partial charge in [0.25, 0.3) is 0 Å². The molecule has 2 nitrogen and oxygen atoms in total. The van der Waals surface area contributed by atoms with Crippen LogP contribution in [0.5, 0.6) is 0 Å². The molecule has 2 unspecified atom stereocenters. The highest BCUT2D eigenvalue weighted by Crippen LogP contribution is 2.12. The second kappa shape index (κ2) is 6.10. The first kappa shape index (κ1) is 9.63. The maximum absolute atomic E-state index is 11.6. The lowest BCUT2D eigenvalue weighted by atomic mass is 10.0. The van der Waals surface area contributed by atoms with E-state index in [1.54, 1.807) is 19.1 Å². The maximum Gasteiger partial charge on any atom is 0.308 e. The monoisotopic (exact) mass is 320 g/mol. The maximum atomic E-state index is 11.6. The zero-order valence-corrected chi connectivity index (χ0v) is 10.9. The van der Waals surface area contributed by atoms with Gasteiger partial charge in [-0.2, -0.15) is 0 Å². The lowest BCUT2D eigenvalue weighted by molar-refractivity contribution is -0.147. The minimum Gasteiger partial charge on any atom is -0.466 e. The standard InChI is InChI=1S/C12H15IO2/c1-3-15-12(14)9(2)8-10-4-6-11(13)7-5-10/h4-7,9H,3,8H2,1-2H3/i8D,9D. The van der Waals surface area contributed by atoms with Crippen molar-refractivity contribution in [3.8, 4) is 0 Å². The predicted molar refractivity (Wildman–Crippen MR) is 68.7 cm³/mol. The van der Waals surface area contributed by atoms with Crippen LogP contribution in [-0.4, -0.2) is 12.6 Å². The van der Waals surface area contributed by atoms with Crippen LogP contribution in [0.25, 0.3) is 0 Å². The van der Waals surface area contributed by atoms with Crippen LogP contribution in [0.4, 0.5) is 0 Å². The lowest BCUT2D eigenvalue weighted by Gasteiger charge is -2.10. The molecule has 0 heterocycles. The van der Waals surface area contributed by atoms with Crippen molar-refractivity contribution in [2.45, 2.75) is 20.2 Å². The van der Waals surface area contributed by atoms with Gasteiger partial charge in [0.15, 0.2) is 0 Å². The van der Waals surface area contributed by atoms with E-state index >= 15 is 0 Å². The Morgan fingerprint density at radius 3 is 2.73 bits per heavy atom. The normalized spacial score (nSPS) is 18.3. The molecule has 0 aromatic heterocycles. The summed E-state index contributed by atoms with van der Waals surface area (Å²) in [6.45, 7) is 3.34. The molecule has 0 aliphatic heterocycles. The summed E-state index contributed by atoms with van der Waals surface area (Å²) in [6, 6.07) is 7.26. The highest BCUT2D eigenvalue weighted by atomic mass is 127. The third-order valence-electron chi connectivity index (χ3n) is 1.85. The van der Waals surface area contributed by atoms with Gasteiger partial charge >= 0.3 is 5.97 Å². The summed E-state index contributed by atoms with van der Waals surface area (Å²) >= 11 is 2.17. The van der Waals surface area contributed by atoms with E-state index in [-0.39, 0.29) is 6.61 Å². The summed E-state index contributed by atoms with van der Waals surface area (Å²) in [4.78, 5) is 11.6. The second-order valence-electron chi connectivity index (χ2n) is 3.10. The fourth-order valence-corrected chi connectivity index (χ4v) is 1.47. The summed E-state index contributed by atoms with van der Waals surface area (Å²) in [7, 11) is 0. The predicted octanol–water partition coefficient (Wildman–Crippen LogP) is 3.03. The van der Waals surface area contributed by atoms with Gasteiger partial charge in [0.2, 0.25) is 0 Å². The van der Waals surface area contributed by atoms with Crippen LogP contribution in [0.15, 0.2) is 24.3 Å². The van der Waals surface area contributed by atoms with Crippen LogP contribution in [-0.2, 0) is 15.9 Å². The number of carbonyl (C=O) groups excluding carboxylic acids is 1. The molecular weight excluding hydrogens is 303 g/mol. The fraction of sp³-hybridized carbons (Fsp3) is 0.417. The Bertz CT molecular complexity index is 390. The van der Waals surface area contributed by atoms with Crippen LogP contribution in [0.1, 0.15) is 22.2 Å². The van der Waals surface area contributed by atoms with Crippen LogP contribution in [0.2, 0.25) is 0 Å². The van der Waals surface area contributed by atoms with Gasteiger partial charge < -0.3 is 4.74 Å². The van der Waals surface area contributed by atoms with Crippen molar-refractivity contribution >= 4 is 28.6 Å². The molecular formula is C12H15IO2. The third-order valence-corrected chi connectivity index (χ3v) is 2.57. The van der Waals surface area contributed by atoms with E-state index in [1.165, 1.54) is 6.92 Å². The van der Waals surface area contributed by atoms with Gasteiger partial charge in [-0.3, -0.25) is 4.79 Å². The Kier molecular flexibility index (Phi) is 3.92. The molecule has 0 bridgehead atoms. The second-order valence-corrected chi connectivity index (χ2v) is 4.35. The molecule has 0 radical (unpaired) electrons. The first-order valence-corrected chi connectivity index (χ1v) is 5.82. The topological polar surface area (TPSA) is 26.3 Å². The number of rotatable bonds is 4. The Morgan fingerprint density at radius 2 is 2.20 bits per heavy atom. The largest absolute Gasteiger partial charge is 0.466 e. The zero-order valence-electron chi connectivity index (χ0n) is 10.8. The highest BCUT2D eigenvalue weighted by Gasteiger charge is 2.13. The van der Waals surface area contributed by atoms with Gasteiger partial charge in [-0.1, -0.05) is 19.1 Å². The Hall–Kier alpha value is -0.580. The molecule has 3 heteroatoms. The average molecular weight is 320 g/mol. The molecule has 1 aromatic rings. The van der Waals surface area contributed by atoms with Gasteiger partial charge in [-0.25, -0.2) is 0 Å². The van der Waals surface area contributed by atoms with E-state index in [9.17, 15) is 4.79 Å². The number of carbonyl (C=O) groups is 1. The lowest BCUT2D eigenvalue weighted by Crippen LogP contribution is -2.16. The first-order valence-electron chi connectivity index (χ1n) is 5.82. The third kappa shape index (κ3) is 4.20. The van der Waals surface area contributed by atoms with Gasteiger partial charge in [0, 0.05) is 6.31 Å². The number of esters is 1. The van der Waals surface area contributed by atoms with Crippen molar-refractivity contribution in [3.63, 3.8) is 0 Å². The molecule has 2 atom stereocenters. The van der Waals surface area contributed by atoms with Crippen molar-refractivity contribution in [1.29, 1.82) is 0 Å². The van der Waals surface area contributed by atoms with Crippen LogP contribution in [0, 0.1) is 9.46 Å². The summed E-state index contributed by atoms with van der Waals surface area (Å²) < 4.78 is 21.9. The quantitative estimate of drug-likeness (QED) is 0.630. The summed E-state index contributed by atoms with van der Waals surface area (Å²) in [6.07, 6.45) is -0.946. The number of hydrogen-bond acceptors (Lipinski definition) is 2. The van der Waals surface area contributed by atoms with E-state index in [0.29, 0.717) is 5.56 Å². The number of hydrogen-bond donors (Lipinski definition) is 0. The zero-order chi connectivity index (χ0) is 13.1. The highest BCUT2D eigenvalue weighted by molar-refractivity contribution is 14.1. The summed E-state index contributed by atoms with van der Waals surface area (Å²) in [5, 5.41) is 0. The molecule has 0 N–H and O–H groups in total. The number of halogens is 1. The van der Waals surface area contributed by atoms with Gasteiger partial charge in [0.05, 0.1) is 12.5 Å². The summed E-state index contributed by atoms with van der Waals surface area (Å²) in [5.74, 6) is -2.23. The minimum atomic E-state index is -1.58. The fourth-order valence-electron chi connectivity index (χ4n) is 1.11. The number of benzene rings is 1. The van der Waals surface area contributed by atoms with Crippen LogP contribution < -0.4 is 0 Å². The molecule has 0 amide bonds. The van der Waals surface area contributed by atoms with Gasteiger partial charge in [-0.05, 0) is 53.6 Å². The molecule has 0 aliphatic carbocycles. The molecule has 0 fully saturated rings. The van der Waals surface area contributed by atoms with E-state index < -0.39 is 18.3 Å². The first-order chi connectivity index (χ1) is 7.89. The van der Waals surface area contributed by atoms with Crippen molar-refractivity contribution in [2.75, 3.05) is 6.61 Å². The Labute approximate surface area is 107 Å². The molecule has 15 heavy (non-hydrogen) atoms. The van der Waals surface area contributed by atoms with Crippen molar-refractivity contribution < 1.29 is 12.3 Å². The van der Waals surface area contributed by atoms with E-state index in [1.807, 2.05) is 12.1 Å². The average Bonchev–Trinajstić information content (AvgIpc) is 2.29. The molecule has 1 aromatic carbocycles. The SMILES string of the molecule is [2H]C(c1ccc(I)cc1)C([2H])(C)C(=O)OCC. The number of ether oxygens (including phenoxy) is 1. The van der Waals surface area contributed by atoms with Gasteiger partial charge in [0.1, 0.15) is 0 Å². The Morgan fingerprint density at radius 1 is 1.60 bits per heavy atom. The molecule has 0 saturated heterocycles. The van der Waals surface area contributed by atoms with Gasteiger partial charge in [-0.15, -0.1) is 0 Å². The molecule has 0 saturated carbocycles. The Balaban J connectivity index is 2.91. The van der Waals surface area contributed by atoms with E-state index in [0.717, 1.165) is 3.57 Å². The molecule has 0 aliphatic rings. The van der Waals surface area contributed by atoms with Crippen molar-refractivity contribution in [1.82, 2.24) is 0 Å². The van der Waals surface area contributed by atoms with Crippen molar-refractivity contribution in [2.24, 2.45) is 5.89 Å².